The van der Waals surface area contributed by atoms with Gasteiger partial charge >= 0.3 is 6.18 Å². The van der Waals surface area contributed by atoms with Crippen molar-refractivity contribution >= 4 is 23.4 Å². The van der Waals surface area contributed by atoms with E-state index in [0.29, 0.717) is 12.1 Å². The van der Waals surface area contributed by atoms with Gasteiger partial charge in [0, 0.05) is 36.2 Å². The Morgan fingerprint density at radius 2 is 2.08 bits per heavy atom. The Kier molecular flexibility index (Phi) is 5.33. The van der Waals surface area contributed by atoms with Crippen LogP contribution in [-0.2, 0) is 11.0 Å². The molecule has 9 heteroatoms. The predicted octanol–water partition coefficient (Wildman–Crippen LogP) is 2.92. The summed E-state index contributed by atoms with van der Waals surface area (Å²) in [6.45, 7) is 0.892. The lowest BCUT2D eigenvalue weighted by molar-refractivity contribution is -0.142. The van der Waals surface area contributed by atoms with Crippen molar-refractivity contribution in [1.82, 2.24) is 15.1 Å². The van der Waals surface area contributed by atoms with Crippen LogP contribution in [0.3, 0.4) is 0 Å². The van der Waals surface area contributed by atoms with Crippen LogP contribution in [0.25, 0.3) is 5.69 Å². The maximum Gasteiger partial charge on any atom is 0.433 e. The number of rotatable bonds is 4. The van der Waals surface area contributed by atoms with E-state index in [1.54, 1.807) is 12.1 Å². The fraction of sp³-hybridized carbons (Fsp3) is 0.375. The van der Waals surface area contributed by atoms with Gasteiger partial charge in [-0.25, -0.2) is 4.68 Å². The third kappa shape index (κ3) is 4.55. The lowest BCUT2D eigenvalue weighted by Gasteiger charge is -2.22. The van der Waals surface area contributed by atoms with Gasteiger partial charge in [-0.15, -0.1) is 0 Å². The van der Waals surface area contributed by atoms with Crippen LogP contribution in [0.15, 0.2) is 36.5 Å². The number of nitrogens with zero attached hydrogens (tertiary/aromatic N) is 2. The minimum atomic E-state index is -4.48. The molecule has 134 valence electrons. The number of nitrogens with one attached hydrogen (secondary N) is 2. The first-order valence-electron chi connectivity index (χ1n) is 7.76. The number of halogens is 3. The minimum Gasteiger partial charge on any atom is -0.326 e. The van der Waals surface area contributed by atoms with Crippen molar-refractivity contribution in [3.05, 3.63) is 42.2 Å². The van der Waals surface area contributed by atoms with Crippen LogP contribution >= 0.6 is 11.8 Å². The summed E-state index contributed by atoms with van der Waals surface area (Å²) in [5.74, 6) is 1.82. The largest absolute Gasteiger partial charge is 0.433 e. The normalized spacial score (nSPS) is 18.1. The fourth-order valence-corrected chi connectivity index (χ4v) is 3.55. The van der Waals surface area contributed by atoms with Gasteiger partial charge in [0.2, 0.25) is 5.91 Å². The Balaban J connectivity index is 1.64. The van der Waals surface area contributed by atoms with Gasteiger partial charge in [-0.05, 0) is 30.3 Å². The number of alkyl halides is 3. The molecule has 1 aromatic carbocycles. The maximum absolute atomic E-state index is 12.9. The maximum atomic E-state index is 12.9. The zero-order valence-corrected chi connectivity index (χ0v) is 14.0. The average molecular weight is 370 g/mol. The van der Waals surface area contributed by atoms with Gasteiger partial charge in [0.05, 0.1) is 11.9 Å². The van der Waals surface area contributed by atoms with Crippen LogP contribution in [-0.4, -0.2) is 39.8 Å². The van der Waals surface area contributed by atoms with Crippen molar-refractivity contribution < 1.29 is 18.0 Å². The third-order valence-corrected chi connectivity index (χ3v) is 4.89. The zero-order chi connectivity index (χ0) is 17.9. The molecule has 0 bridgehead atoms. The summed E-state index contributed by atoms with van der Waals surface area (Å²) in [7, 11) is 0. The molecule has 1 atom stereocenters. The Bertz CT molecular complexity index is 724. The molecule has 1 aliphatic rings. The third-order valence-electron chi connectivity index (χ3n) is 3.76. The van der Waals surface area contributed by atoms with Crippen LogP contribution < -0.4 is 10.6 Å². The highest BCUT2D eigenvalue weighted by Crippen LogP contribution is 2.30. The number of hydrogen-bond acceptors (Lipinski definition) is 4. The first-order valence-corrected chi connectivity index (χ1v) is 8.91. The van der Waals surface area contributed by atoms with Crippen LogP contribution in [0.5, 0.6) is 0 Å². The molecule has 1 fully saturated rings. The van der Waals surface area contributed by atoms with Crippen molar-refractivity contribution in [1.29, 1.82) is 0 Å². The quantitative estimate of drug-likeness (QED) is 0.869. The molecular formula is C16H17F3N4OS. The van der Waals surface area contributed by atoms with Gasteiger partial charge < -0.3 is 10.6 Å². The molecule has 0 spiro atoms. The molecular weight excluding hydrogens is 353 g/mol. The molecule has 1 amide bonds. The monoisotopic (exact) mass is 370 g/mol. The summed E-state index contributed by atoms with van der Waals surface area (Å²) >= 11 is 1.81. The van der Waals surface area contributed by atoms with E-state index < -0.39 is 11.9 Å². The lowest BCUT2D eigenvalue weighted by Crippen LogP contribution is -2.39. The first-order chi connectivity index (χ1) is 11.9. The molecule has 25 heavy (non-hydrogen) atoms. The molecule has 0 saturated carbocycles. The van der Waals surface area contributed by atoms with Crippen molar-refractivity contribution in [2.45, 2.75) is 18.6 Å². The van der Waals surface area contributed by atoms with Crippen molar-refractivity contribution in [2.75, 3.05) is 23.4 Å². The Morgan fingerprint density at radius 1 is 1.32 bits per heavy atom. The molecule has 2 heterocycles. The van der Waals surface area contributed by atoms with Gasteiger partial charge in [0.1, 0.15) is 5.69 Å². The number of aromatic nitrogens is 2. The van der Waals surface area contributed by atoms with Gasteiger partial charge in [0.25, 0.3) is 0 Å². The molecule has 2 N–H and O–H groups in total. The molecule has 1 aromatic heterocycles. The van der Waals surface area contributed by atoms with Crippen molar-refractivity contribution in [3.63, 3.8) is 0 Å². The minimum absolute atomic E-state index is 0.122. The highest BCUT2D eigenvalue weighted by Gasteiger charge is 2.35. The van der Waals surface area contributed by atoms with Crippen LogP contribution in [0.1, 0.15) is 12.1 Å². The number of thioether (sulfide) groups is 1. The highest BCUT2D eigenvalue weighted by molar-refractivity contribution is 7.99. The molecule has 0 radical (unpaired) electrons. The second-order valence-corrected chi connectivity index (χ2v) is 6.80. The molecule has 1 unspecified atom stereocenters. The van der Waals surface area contributed by atoms with E-state index in [4.69, 9.17) is 0 Å². The molecule has 3 rings (SSSR count). The number of carbonyl (C=O) groups is 1. The molecule has 5 nitrogen and oxygen atoms in total. The van der Waals surface area contributed by atoms with E-state index >= 15 is 0 Å². The summed E-state index contributed by atoms with van der Waals surface area (Å²) in [5.41, 5.74) is -0.0243. The first kappa shape index (κ1) is 17.8. The van der Waals surface area contributed by atoms with Crippen LogP contribution in [0, 0.1) is 0 Å². The summed E-state index contributed by atoms with van der Waals surface area (Å²) in [6, 6.07) is 7.19. The fourth-order valence-electron chi connectivity index (χ4n) is 2.60. The van der Waals surface area contributed by atoms with Gasteiger partial charge in [-0.1, -0.05) is 0 Å². The Hall–Kier alpha value is -2.00. The van der Waals surface area contributed by atoms with Crippen LogP contribution in [0.4, 0.5) is 18.9 Å². The summed E-state index contributed by atoms with van der Waals surface area (Å²) in [5, 5.41) is 9.77. The summed E-state index contributed by atoms with van der Waals surface area (Å²) < 4.78 is 39.6. The molecule has 2 aromatic rings. The predicted molar refractivity (Wildman–Crippen MR) is 90.9 cm³/mol. The van der Waals surface area contributed by atoms with Gasteiger partial charge in [-0.3, -0.25) is 4.79 Å². The number of anilines is 1. The summed E-state index contributed by atoms with van der Waals surface area (Å²) in [4.78, 5) is 12.1. The van der Waals surface area contributed by atoms with Gasteiger partial charge in [-0.2, -0.15) is 30.0 Å². The Labute approximate surface area is 147 Å². The molecule has 1 saturated heterocycles. The van der Waals surface area contributed by atoms with E-state index in [9.17, 15) is 18.0 Å². The SMILES string of the molecule is O=C(CC1CSCCN1)Nc1ccc(-n2nccc2C(F)(F)F)cc1. The van der Waals surface area contributed by atoms with E-state index in [1.165, 1.54) is 12.1 Å². The lowest BCUT2D eigenvalue weighted by atomic mass is 10.2. The second-order valence-electron chi connectivity index (χ2n) is 5.65. The number of hydrogen-bond donors (Lipinski definition) is 2. The average Bonchev–Trinajstić information content (AvgIpc) is 3.06. The number of carbonyl (C=O) groups excluding carboxylic acids is 1. The second kappa shape index (κ2) is 7.49. The van der Waals surface area contributed by atoms with Crippen molar-refractivity contribution in [2.24, 2.45) is 0 Å². The molecule has 0 aliphatic carbocycles. The van der Waals surface area contributed by atoms with E-state index in [0.717, 1.165) is 35.0 Å². The summed E-state index contributed by atoms with van der Waals surface area (Å²) in [6.07, 6.45) is -3.01. The van der Waals surface area contributed by atoms with E-state index in [2.05, 4.69) is 15.7 Å². The molecule has 1 aliphatic heterocycles. The Morgan fingerprint density at radius 3 is 2.72 bits per heavy atom. The highest BCUT2D eigenvalue weighted by atomic mass is 32.2. The number of benzene rings is 1. The zero-order valence-electron chi connectivity index (χ0n) is 13.2. The standard InChI is InChI=1S/C16H17F3N4OS/c17-16(18,19)14-5-6-21-23(14)13-3-1-11(2-4-13)22-15(24)9-12-10-25-8-7-20-12/h1-6,12,20H,7-10H2,(H,22,24). The van der Waals surface area contributed by atoms with E-state index in [-0.39, 0.29) is 17.6 Å². The topological polar surface area (TPSA) is 59.0 Å². The number of amides is 1. The van der Waals surface area contributed by atoms with Crippen molar-refractivity contribution in [3.8, 4) is 5.69 Å². The van der Waals surface area contributed by atoms with Crippen LogP contribution in [0.2, 0.25) is 0 Å². The van der Waals surface area contributed by atoms with E-state index in [1.807, 2.05) is 11.8 Å². The smallest absolute Gasteiger partial charge is 0.326 e. The van der Waals surface area contributed by atoms with Gasteiger partial charge in [0.15, 0.2) is 0 Å².